The van der Waals surface area contributed by atoms with Gasteiger partial charge >= 0.3 is 11.9 Å². The molecule has 1 aromatic rings. The fourth-order valence-electron chi connectivity index (χ4n) is 8.45. The molecule has 360 valence electrons. The Kier molecular flexibility index (Phi) is 37.6. The highest BCUT2D eigenvalue weighted by Gasteiger charge is 2.26. The van der Waals surface area contributed by atoms with Crippen LogP contribution >= 0.6 is 0 Å². The van der Waals surface area contributed by atoms with Crippen molar-refractivity contribution in [3.63, 3.8) is 0 Å². The molecular weight excluding hydrogens is 777 g/mol. The smallest absolute Gasteiger partial charge is 0.308 e. The van der Waals surface area contributed by atoms with Gasteiger partial charge in [-0.2, -0.15) is 0 Å². The first-order chi connectivity index (χ1) is 30.3. The number of carbonyl (C=O) groups is 4. The van der Waals surface area contributed by atoms with Crippen molar-refractivity contribution in [2.24, 2.45) is 11.8 Å². The Balaban J connectivity index is 2.64. The SMILES string of the molecule is CCCCCCCCC(CCCCCC)C(=O)OCCCCCCN(CCCCCCOC(=O)C(CCCCCC)CCCCCCCC)C(=O)[C@H](Cc1cnc[nH]1)NC(C)=O. The lowest BCUT2D eigenvalue weighted by atomic mass is 9.94. The molecule has 0 fully saturated rings. The van der Waals surface area contributed by atoms with Crippen LogP contribution in [0, 0.1) is 11.8 Å². The van der Waals surface area contributed by atoms with E-state index in [9.17, 15) is 19.2 Å². The highest BCUT2D eigenvalue weighted by atomic mass is 16.5. The van der Waals surface area contributed by atoms with Gasteiger partial charge in [0.2, 0.25) is 11.8 Å². The number of amides is 2. The monoisotopic (exact) mass is 873 g/mol. The van der Waals surface area contributed by atoms with E-state index in [0.717, 1.165) is 108 Å². The number of aromatic amines is 1. The number of H-pyrrole nitrogens is 1. The number of hydrogen-bond acceptors (Lipinski definition) is 7. The van der Waals surface area contributed by atoms with Gasteiger partial charge in [0.05, 0.1) is 31.4 Å². The summed E-state index contributed by atoms with van der Waals surface area (Å²) < 4.78 is 11.7. The van der Waals surface area contributed by atoms with Crippen molar-refractivity contribution in [1.82, 2.24) is 20.2 Å². The largest absolute Gasteiger partial charge is 0.465 e. The van der Waals surface area contributed by atoms with Gasteiger partial charge in [-0.25, -0.2) is 4.98 Å². The number of unbranched alkanes of at least 4 members (excludes halogenated alkanes) is 22. The van der Waals surface area contributed by atoms with Crippen LogP contribution in [0.15, 0.2) is 12.5 Å². The maximum absolute atomic E-state index is 14.0. The van der Waals surface area contributed by atoms with E-state index in [2.05, 4.69) is 43.0 Å². The van der Waals surface area contributed by atoms with Gasteiger partial charge in [-0.05, 0) is 64.2 Å². The lowest BCUT2D eigenvalue weighted by molar-refractivity contribution is -0.150. The van der Waals surface area contributed by atoms with Gasteiger partial charge < -0.3 is 24.7 Å². The molecule has 2 unspecified atom stereocenters. The molecule has 0 saturated carbocycles. The minimum Gasteiger partial charge on any atom is -0.465 e. The standard InChI is InChI=1S/C52H96N4O6/c1-6-10-14-18-20-28-36-46(34-26-16-12-8-3)51(59)61-40-32-24-22-30-38-56(50(58)49(55-45(5)57)42-48-43-53-44-54-48)39-31-23-25-33-41-62-52(60)47(35-27-17-13-9-4)37-29-21-19-15-11-7-2/h43-44,46-47,49H,6-42H2,1-5H3,(H,53,54)(H,55,57)/t46?,47?,49-/m0/s1. The van der Waals surface area contributed by atoms with Crippen molar-refractivity contribution < 1.29 is 28.7 Å². The third-order valence-electron chi connectivity index (χ3n) is 12.4. The van der Waals surface area contributed by atoms with Crippen molar-refractivity contribution in [2.45, 2.75) is 253 Å². The van der Waals surface area contributed by atoms with E-state index in [1.165, 1.54) is 110 Å². The predicted molar refractivity (Wildman–Crippen MR) is 256 cm³/mol. The van der Waals surface area contributed by atoms with E-state index in [1.807, 2.05) is 4.90 Å². The molecule has 0 aromatic carbocycles. The van der Waals surface area contributed by atoms with Crippen molar-refractivity contribution in [3.05, 3.63) is 18.2 Å². The topological polar surface area (TPSA) is 131 Å². The van der Waals surface area contributed by atoms with Crippen molar-refractivity contribution in [2.75, 3.05) is 26.3 Å². The number of carbonyl (C=O) groups excluding carboxylic acids is 4. The Bertz CT molecular complexity index is 1150. The van der Waals surface area contributed by atoms with E-state index in [-0.39, 0.29) is 35.6 Å². The second-order valence-electron chi connectivity index (χ2n) is 18.2. The first-order valence-corrected chi connectivity index (χ1v) is 26.1. The molecule has 0 saturated heterocycles. The molecule has 10 nitrogen and oxygen atoms in total. The first kappa shape index (κ1) is 57.1. The summed E-state index contributed by atoms with van der Waals surface area (Å²) in [6.07, 6.45) is 38.5. The molecule has 0 aliphatic carbocycles. The minimum atomic E-state index is -0.677. The van der Waals surface area contributed by atoms with E-state index in [1.54, 1.807) is 12.5 Å². The number of esters is 2. The van der Waals surface area contributed by atoms with Gasteiger partial charge in [0, 0.05) is 38.3 Å². The lowest BCUT2D eigenvalue weighted by Crippen LogP contribution is -2.49. The number of nitrogens with zero attached hydrogens (tertiary/aromatic N) is 2. The van der Waals surface area contributed by atoms with E-state index in [0.29, 0.717) is 32.7 Å². The van der Waals surface area contributed by atoms with E-state index < -0.39 is 6.04 Å². The Morgan fingerprint density at radius 3 is 1.31 bits per heavy atom. The molecule has 2 N–H and O–H groups in total. The van der Waals surface area contributed by atoms with E-state index >= 15 is 0 Å². The molecule has 0 aliphatic rings. The summed E-state index contributed by atoms with van der Waals surface area (Å²) >= 11 is 0. The van der Waals surface area contributed by atoms with Crippen LogP contribution in [0.4, 0.5) is 0 Å². The Morgan fingerprint density at radius 2 is 0.919 bits per heavy atom. The van der Waals surface area contributed by atoms with Crippen LogP contribution in [-0.2, 0) is 35.1 Å². The van der Waals surface area contributed by atoms with Crippen LogP contribution in [0.25, 0.3) is 0 Å². The second kappa shape index (κ2) is 40.8. The number of nitrogens with one attached hydrogen (secondary N) is 2. The Morgan fingerprint density at radius 1 is 0.548 bits per heavy atom. The van der Waals surface area contributed by atoms with Crippen LogP contribution in [0.1, 0.15) is 246 Å². The number of ether oxygens (including phenoxy) is 2. The maximum atomic E-state index is 14.0. The van der Waals surface area contributed by atoms with Crippen LogP contribution in [0.3, 0.4) is 0 Å². The number of rotatable bonds is 44. The summed E-state index contributed by atoms with van der Waals surface area (Å²) in [5.74, 6) is -0.319. The highest BCUT2D eigenvalue weighted by molar-refractivity contribution is 5.87. The molecular formula is C52H96N4O6. The molecule has 0 radical (unpaired) electrons. The lowest BCUT2D eigenvalue weighted by Gasteiger charge is -2.28. The molecule has 10 heteroatoms. The van der Waals surface area contributed by atoms with Crippen molar-refractivity contribution in [3.8, 4) is 0 Å². The molecule has 1 rings (SSSR count). The van der Waals surface area contributed by atoms with Crippen molar-refractivity contribution >= 4 is 23.8 Å². The molecule has 62 heavy (non-hydrogen) atoms. The van der Waals surface area contributed by atoms with Gasteiger partial charge in [0.15, 0.2) is 0 Å². The Hall–Kier alpha value is -2.91. The number of hydrogen-bond donors (Lipinski definition) is 2. The van der Waals surface area contributed by atoms with E-state index in [4.69, 9.17) is 9.47 Å². The molecule has 1 aromatic heterocycles. The number of imidazole rings is 1. The summed E-state index contributed by atoms with van der Waals surface area (Å²) in [4.78, 5) is 61.5. The van der Waals surface area contributed by atoms with Crippen LogP contribution < -0.4 is 5.32 Å². The van der Waals surface area contributed by atoms with Crippen LogP contribution in [-0.4, -0.2) is 71.0 Å². The second-order valence-corrected chi connectivity index (χ2v) is 18.2. The molecule has 1 heterocycles. The Labute approximate surface area is 380 Å². The fraction of sp³-hybridized carbons (Fsp3) is 0.865. The van der Waals surface area contributed by atoms with Gasteiger partial charge in [0.1, 0.15) is 6.04 Å². The zero-order chi connectivity index (χ0) is 45.3. The average Bonchev–Trinajstić information content (AvgIpc) is 3.78. The molecule has 3 atom stereocenters. The minimum absolute atomic E-state index is 0.0168. The summed E-state index contributed by atoms with van der Waals surface area (Å²) in [7, 11) is 0. The summed E-state index contributed by atoms with van der Waals surface area (Å²) in [5.41, 5.74) is 0.798. The zero-order valence-electron chi connectivity index (χ0n) is 40.9. The molecule has 0 bridgehead atoms. The van der Waals surface area contributed by atoms with Crippen LogP contribution in [0.2, 0.25) is 0 Å². The highest BCUT2D eigenvalue weighted by Crippen LogP contribution is 2.22. The average molecular weight is 873 g/mol. The van der Waals surface area contributed by atoms with Gasteiger partial charge in [-0.15, -0.1) is 0 Å². The molecule has 2 amide bonds. The maximum Gasteiger partial charge on any atom is 0.308 e. The van der Waals surface area contributed by atoms with Gasteiger partial charge in [0.25, 0.3) is 0 Å². The normalized spacial score (nSPS) is 12.8. The third-order valence-corrected chi connectivity index (χ3v) is 12.4. The molecule has 0 spiro atoms. The van der Waals surface area contributed by atoms with Crippen molar-refractivity contribution in [1.29, 1.82) is 0 Å². The summed E-state index contributed by atoms with van der Waals surface area (Å²) in [5, 5.41) is 2.88. The first-order valence-electron chi connectivity index (χ1n) is 26.1. The van der Waals surface area contributed by atoms with Gasteiger partial charge in [-0.3, -0.25) is 19.2 Å². The predicted octanol–water partition coefficient (Wildman–Crippen LogP) is 13.2. The zero-order valence-corrected chi connectivity index (χ0v) is 40.9. The number of aromatic nitrogens is 2. The molecule has 0 aliphatic heterocycles. The third kappa shape index (κ3) is 31.0. The summed E-state index contributed by atoms with van der Waals surface area (Å²) in [6.45, 7) is 12.5. The van der Waals surface area contributed by atoms with Crippen LogP contribution in [0.5, 0.6) is 0 Å². The fourth-order valence-corrected chi connectivity index (χ4v) is 8.45. The quantitative estimate of drug-likeness (QED) is 0.0493. The van der Waals surface area contributed by atoms with Gasteiger partial charge in [-0.1, -0.05) is 169 Å². The summed E-state index contributed by atoms with van der Waals surface area (Å²) in [6, 6.07) is -0.677.